The van der Waals surface area contributed by atoms with Gasteiger partial charge in [0.15, 0.2) is 5.13 Å². The van der Waals surface area contributed by atoms with Crippen molar-refractivity contribution in [3.63, 3.8) is 0 Å². The van der Waals surface area contributed by atoms with Crippen molar-refractivity contribution in [2.24, 2.45) is 5.92 Å². The first-order chi connectivity index (χ1) is 9.11. The van der Waals surface area contributed by atoms with Crippen LogP contribution >= 0.6 is 11.3 Å². The van der Waals surface area contributed by atoms with Gasteiger partial charge in [-0.3, -0.25) is 0 Å². The molecule has 0 spiro atoms. The monoisotopic (exact) mass is 281 g/mol. The lowest BCUT2D eigenvalue weighted by molar-refractivity contribution is 0.585. The van der Waals surface area contributed by atoms with E-state index in [1.54, 1.807) is 0 Å². The van der Waals surface area contributed by atoms with Crippen molar-refractivity contribution >= 4 is 16.5 Å². The van der Waals surface area contributed by atoms with Crippen LogP contribution in [0.2, 0.25) is 0 Å². The van der Waals surface area contributed by atoms with E-state index >= 15 is 0 Å². The molecule has 1 heterocycles. The van der Waals surface area contributed by atoms with Gasteiger partial charge in [0.05, 0.1) is 5.69 Å². The van der Waals surface area contributed by atoms with Crippen LogP contribution in [0.3, 0.4) is 0 Å². The van der Waals surface area contributed by atoms with E-state index in [2.05, 4.69) is 38.0 Å². The number of thiazole rings is 1. The van der Waals surface area contributed by atoms with E-state index in [1.807, 2.05) is 11.3 Å². The van der Waals surface area contributed by atoms with Crippen LogP contribution < -0.4 is 10.2 Å². The molecule has 2 rings (SSSR count). The Hall–Kier alpha value is -0.610. The van der Waals surface area contributed by atoms with Gasteiger partial charge < -0.3 is 10.2 Å². The molecule has 0 aromatic carbocycles. The minimum absolute atomic E-state index is 0.747. The van der Waals surface area contributed by atoms with Crippen LogP contribution in [0.4, 0.5) is 5.13 Å². The Labute approximate surface area is 121 Å². The second kappa shape index (κ2) is 6.71. The highest BCUT2D eigenvalue weighted by Crippen LogP contribution is 2.44. The molecule has 1 saturated carbocycles. The van der Waals surface area contributed by atoms with Crippen LogP contribution in [0, 0.1) is 5.92 Å². The summed E-state index contributed by atoms with van der Waals surface area (Å²) in [5.41, 5.74) is 1.37. The molecule has 1 N–H and O–H groups in total. The molecule has 4 heteroatoms. The Morgan fingerprint density at radius 3 is 2.74 bits per heavy atom. The van der Waals surface area contributed by atoms with E-state index in [9.17, 15) is 0 Å². The largest absolute Gasteiger partial charge is 0.351 e. The van der Waals surface area contributed by atoms with Gasteiger partial charge in [0, 0.05) is 30.9 Å². The highest BCUT2D eigenvalue weighted by atomic mass is 32.1. The molecule has 1 fully saturated rings. The quantitative estimate of drug-likeness (QED) is 0.789. The molecule has 0 atom stereocenters. The summed E-state index contributed by atoms with van der Waals surface area (Å²) in [7, 11) is 2.18. The second-order valence-electron chi connectivity index (χ2n) is 5.96. The number of aromatic nitrogens is 1. The lowest BCUT2D eigenvalue weighted by atomic mass is 10.1. The standard InChI is InChI=1S/C15H27N3S/c1-5-16-10-13-14(12-6-7-12)17-15(19-13)18(4)9-8-11(2)3/h11-12,16H,5-10H2,1-4H3. The molecule has 1 aromatic rings. The molecule has 1 aromatic heterocycles. The molecular formula is C15H27N3S. The molecular weight excluding hydrogens is 254 g/mol. The summed E-state index contributed by atoms with van der Waals surface area (Å²) in [5.74, 6) is 1.50. The maximum Gasteiger partial charge on any atom is 0.185 e. The summed E-state index contributed by atoms with van der Waals surface area (Å²) in [6, 6.07) is 0. The van der Waals surface area contributed by atoms with E-state index in [1.165, 1.54) is 35.0 Å². The van der Waals surface area contributed by atoms with Crippen LogP contribution in [0.1, 0.15) is 56.5 Å². The summed E-state index contributed by atoms with van der Waals surface area (Å²) in [6.07, 6.45) is 3.90. The summed E-state index contributed by atoms with van der Waals surface area (Å²) in [6.45, 7) is 9.84. The predicted octanol–water partition coefficient (Wildman–Crippen LogP) is 3.61. The van der Waals surface area contributed by atoms with Gasteiger partial charge in [-0.15, -0.1) is 11.3 Å². The molecule has 1 aliphatic rings. The van der Waals surface area contributed by atoms with Crippen LogP contribution in [-0.2, 0) is 6.54 Å². The minimum Gasteiger partial charge on any atom is -0.351 e. The average Bonchev–Trinajstić information content (AvgIpc) is 3.14. The maximum atomic E-state index is 4.91. The highest BCUT2D eigenvalue weighted by Gasteiger charge is 2.29. The molecule has 0 aliphatic heterocycles. The molecule has 0 saturated heterocycles. The lowest BCUT2D eigenvalue weighted by Gasteiger charge is -2.16. The highest BCUT2D eigenvalue weighted by molar-refractivity contribution is 7.15. The van der Waals surface area contributed by atoms with Gasteiger partial charge in [-0.25, -0.2) is 4.98 Å². The number of hydrogen-bond donors (Lipinski definition) is 1. The van der Waals surface area contributed by atoms with Gasteiger partial charge in [-0.05, 0) is 31.7 Å². The van der Waals surface area contributed by atoms with E-state index in [4.69, 9.17) is 4.98 Å². The number of anilines is 1. The third-order valence-electron chi connectivity index (χ3n) is 3.58. The Bertz CT molecular complexity index is 396. The van der Waals surface area contributed by atoms with E-state index in [0.29, 0.717) is 0 Å². The molecule has 0 amide bonds. The average molecular weight is 281 g/mol. The third kappa shape index (κ3) is 4.18. The second-order valence-corrected chi connectivity index (χ2v) is 7.03. The first kappa shape index (κ1) is 14.8. The molecule has 19 heavy (non-hydrogen) atoms. The van der Waals surface area contributed by atoms with Crippen LogP contribution in [0.5, 0.6) is 0 Å². The van der Waals surface area contributed by atoms with Gasteiger partial charge in [-0.2, -0.15) is 0 Å². The van der Waals surface area contributed by atoms with Gasteiger partial charge in [0.2, 0.25) is 0 Å². The third-order valence-corrected chi connectivity index (χ3v) is 4.77. The van der Waals surface area contributed by atoms with Crippen LogP contribution in [0.25, 0.3) is 0 Å². The van der Waals surface area contributed by atoms with Gasteiger partial charge in [0.1, 0.15) is 0 Å². The van der Waals surface area contributed by atoms with Crippen molar-refractivity contribution in [1.29, 1.82) is 0 Å². The van der Waals surface area contributed by atoms with Crippen LogP contribution in [-0.4, -0.2) is 25.1 Å². The van der Waals surface area contributed by atoms with E-state index < -0.39 is 0 Å². The number of rotatable bonds is 8. The minimum atomic E-state index is 0.747. The molecule has 0 bridgehead atoms. The zero-order valence-electron chi connectivity index (χ0n) is 12.7. The zero-order chi connectivity index (χ0) is 13.8. The van der Waals surface area contributed by atoms with Gasteiger partial charge in [0.25, 0.3) is 0 Å². The summed E-state index contributed by atoms with van der Waals surface area (Å²) in [4.78, 5) is 8.69. The summed E-state index contributed by atoms with van der Waals surface area (Å²) >= 11 is 1.88. The van der Waals surface area contributed by atoms with E-state index in [-0.39, 0.29) is 0 Å². The van der Waals surface area contributed by atoms with Crippen molar-refractivity contribution in [3.8, 4) is 0 Å². The van der Waals surface area contributed by atoms with Crippen molar-refractivity contribution in [2.45, 2.75) is 52.5 Å². The first-order valence-electron chi connectivity index (χ1n) is 7.53. The van der Waals surface area contributed by atoms with E-state index in [0.717, 1.165) is 31.5 Å². The molecule has 0 unspecified atom stereocenters. The Morgan fingerprint density at radius 1 is 1.42 bits per heavy atom. The maximum absolute atomic E-state index is 4.91. The SMILES string of the molecule is CCNCc1sc(N(C)CCC(C)C)nc1C1CC1. The molecule has 1 aliphatic carbocycles. The molecule has 108 valence electrons. The zero-order valence-corrected chi connectivity index (χ0v) is 13.5. The van der Waals surface area contributed by atoms with Crippen LogP contribution in [0.15, 0.2) is 0 Å². The fraction of sp³-hybridized carbons (Fsp3) is 0.800. The van der Waals surface area contributed by atoms with Crippen molar-refractivity contribution in [1.82, 2.24) is 10.3 Å². The van der Waals surface area contributed by atoms with Crippen molar-refractivity contribution in [2.75, 3.05) is 25.0 Å². The summed E-state index contributed by atoms with van der Waals surface area (Å²) in [5, 5.41) is 4.65. The number of nitrogens with one attached hydrogen (secondary N) is 1. The van der Waals surface area contributed by atoms with Gasteiger partial charge in [-0.1, -0.05) is 20.8 Å². The lowest BCUT2D eigenvalue weighted by Crippen LogP contribution is -2.19. The van der Waals surface area contributed by atoms with Crippen molar-refractivity contribution < 1.29 is 0 Å². The normalized spacial score (nSPS) is 15.2. The topological polar surface area (TPSA) is 28.2 Å². The number of nitrogens with zero attached hydrogens (tertiary/aromatic N) is 2. The Balaban J connectivity index is 2.03. The smallest absolute Gasteiger partial charge is 0.185 e. The van der Waals surface area contributed by atoms with Gasteiger partial charge >= 0.3 is 0 Å². The molecule has 0 radical (unpaired) electrons. The Kier molecular flexibility index (Phi) is 5.22. The Morgan fingerprint density at radius 2 is 2.16 bits per heavy atom. The first-order valence-corrected chi connectivity index (χ1v) is 8.34. The summed E-state index contributed by atoms with van der Waals surface area (Å²) < 4.78 is 0. The van der Waals surface area contributed by atoms with Crippen molar-refractivity contribution in [3.05, 3.63) is 10.6 Å². The molecule has 3 nitrogen and oxygen atoms in total. The predicted molar refractivity (Wildman–Crippen MR) is 84.2 cm³/mol. The fourth-order valence-corrected chi connectivity index (χ4v) is 3.20. The number of hydrogen-bond acceptors (Lipinski definition) is 4. The fourth-order valence-electron chi connectivity index (χ4n) is 2.10.